The summed E-state index contributed by atoms with van der Waals surface area (Å²) in [6.07, 6.45) is 0.135. The predicted molar refractivity (Wildman–Crippen MR) is 87.9 cm³/mol. The van der Waals surface area contributed by atoms with Gasteiger partial charge < -0.3 is 4.74 Å². The lowest BCUT2D eigenvalue weighted by Gasteiger charge is -2.33. The van der Waals surface area contributed by atoms with Crippen LogP contribution in [-0.4, -0.2) is 40.5 Å². The van der Waals surface area contributed by atoms with E-state index >= 15 is 0 Å². The van der Waals surface area contributed by atoms with Crippen LogP contribution in [0.4, 0.5) is 0 Å². The Morgan fingerprint density at radius 2 is 2.17 bits per heavy atom. The van der Waals surface area contributed by atoms with Gasteiger partial charge in [0.15, 0.2) is 0 Å². The van der Waals surface area contributed by atoms with Crippen molar-refractivity contribution in [1.29, 1.82) is 5.26 Å². The first-order valence-electron chi connectivity index (χ1n) is 7.98. The molecule has 1 aliphatic heterocycles. The number of ether oxygens (including phenoxy) is 1. The molecule has 120 valence electrons. The van der Waals surface area contributed by atoms with Gasteiger partial charge >= 0.3 is 0 Å². The van der Waals surface area contributed by atoms with Crippen LogP contribution in [0.25, 0.3) is 0 Å². The van der Waals surface area contributed by atoms with Crippen molar-refractivity contribution >= 4 is 0 Å². The second-order valence-electron chi connectivity index (χ2n) is 6.11. The van der Waals surface area contributed by atoms with Gasteiger partial charge in [-0.05, 0) is 31.5 Å². The first-order chi connectivity index (χ1) is 11.2. The molecule has 1 aromatic carbocycles. The molecule has 0 saturated carbocycles. The van der Waals surface area contributed by atoms with Crippen molar-refractivity contribution in [1.82, 2.24) is 14.7 Å². The fraction of sp³-hybridized carbons (Fsp3) is 0.444. The lowest BCUT2D eigenvalue weighted by atomic mass is 10.1. The number of rotatable bonds is 4. The van der Waals surface area contributed by atoms with E-state index < -0.39 is 0 Å². The molecule has 0 aliphatic carbocycles. The van der Waals surface area contributed by atoms with Crippen molar-refractivity contribution in [3.63, 3.8) is 0 Å². The Morgan fingerprint density at radius 1 is 1.35 bits per heavy atom. The molecule has 0 unspecified atom stereocenters. The van der Waals surface area contributed by atoms with E-state index in [-0.39, 0.29) is 6.10 Å². The summed E-state index contributed by atoms with van der Waals surface area (Å²) in [4.78, 5) is 2.36. The van der Waals surface area contributed by atoms with Crippen LogP contribution >= 0.6 is 0 Å². The van der Waals surface area contributed by atoms with E-state index in [9.17, 15) is 5.26 Å². The molecule has 2 heterocycles. The summed E-state index contributed by atoms with van der Waals surface area (Å²) in [6, 6.07) is 12.2. The van der Waals surface area contributed by atoms with E-state index in [0.29, 0.717) is 0 Å². The molecular weight excluding hydrogens is 288 g/mol. The highest BCUT2D eigenvalue weighted by Crippen LogP contribution is 2.15. The largest absolute Gasteiger partial charge is 0.374 e. The first kappa shape index (κ1) is 15.7. The summed E-state index contributed by atoms with van der Waals surface area (Å²) in [5, 5.41) is 13.7. The number of nitrogens with zero attached hydrogens (tertiary/aromatic N) is 4. The molecule has 3 rings (SSSR count). The Kier molecular flexibility index (Phi) is 4.75. The minimum absolute atomic E-state index is 0.135. The van der Waals surface area contributed by atoms with Gasteiger partial charge in [0.25, 0.3) is 0 Å². The van der Waals surface area contributed by atoms with Crippen molar-refractivity contribution in [2.24, 2.45) is 0 Å². The summed E-state index contributed by atoms with van der Waals surface area (Å²) in [7, 11) is 0. The number of hydrogen-bond acceptors (Lipinski definition) is 4. The molecule has 1 atom stereocenters. The number of nitriles is 1. The molecule has 0 radical (unpaired) electrons. The van der Waals surface area contributed by atoms with Crippen molar-refractivity contribution in [2.75, 3.05) is 19.7 Å². The third kappa shape index (κ3) is 3.79. The molecule has 5 nitrogen and oxygen atoms in total. The molecule has 2 aromatic rings. The first-order valence-corrected chi connectivity index (χ1v) is 7.98. The van der Waals surface area contributed by atoms with Gasteiger partial charge in [0.05, 0.1) is 36.6 Å². The Balaban J connectivity index is 1.64. The van der Waals surface area contributed by atoms with Crippen LogP contribution in [0.1, 0.15) is 22.5 Å². The molecular formula is C18H22N4O. The zero-order valence-electron chi connectivity index (χ0n) is 13.7. The average Bonchev–Trinajstić information content (AvgIpc) is 2.86. The average molecular weight is 310 g/mol. The highest BCUT2D eigenvalue weighted by Gasteiger charge is 2.22. The highest BCUT2D eigenvalue weighted by molar-refractivity contribution is 5.37. The van der Waals surface area contributed by atoms with Gasteiger partial charge in [0.1, 0.15) is 0 Å². The molecule has 1 fully saturated rings. The predicted octanol–water partition coefficient (Wildman–Crippen LogP) is 2.27. The molecule has 0 N–H and O–H groups in total. The van der Waals surface area contributed by atoms with Crippen LogP contribution in [0.3, 0.4) is 0 Å². The molecule has 0 amide bonds. The Morgan fingerprint density at radius 3 is 2.91 bits per heavy atom. The van der Waals surface area contributed by atoms with Gasteiger partial charge in [-0.2, -0.15) is 10.4 Å². The summed E-state index contributed by atoms with van der Waals surface area (Å²) in [5.41, 5.74) is 4.05. The van der Waals surface area contributed by atoms with Crippen LogP contribution < -0.4 is 0 Å². The normalized spacial score (nSPS) is 18.7. The summed E-state index contributed by atoms with van der Waals surface area (Å²) in [6.45, 7) is 8.13. The van der Waals surface area contributed by atoms with E-state index in [2.05, 4.69) is 29.1 Å². The van der Waals surface area contributed by atoms with Crippen LogP contribution in [0.5, 0.6) is 0 Å². The van der Waals surface area contributed by atoms with Gasteiger partial charge in [-0.15, -0.1) is 0 Å². The molecule has 1 saturated heterocycles. The van der Waals surface area contributed by atoms with Crippen LogP contribution in [0.2, 0.25) is 0 Å². The minimum atomic E-state index is 0.135. The summed E-state index contributed by atoms with van der Waals surface area (Å²) in [5.74, 6) is 0. The zero-order chi connectivity index (χ0) is 16.2. The fourth-order valence-electron chi connectivity index (χ4n) is 3.10. The topological polar surface area (TPSA) is 54.1 Å². The maximum atomic E-state index is 9.22. The van der Waals surface area contributed by atoms with Crippen molar-refractivity contribution in [2.45, 2.75) is 33.0 Å². The molecule has 1 aromatic heterocycles. The quantitative estimate of drug-likeness (QED) is 0.869. The second kappa shape index (κ2) is 6.95. The summed E-state index contributed by atoms with van der Waals surface area (Å²) >= 11 is 0. The van der Waals surface area contributed by atoms with Crippen LogP contribution in [0.15, 0.2) is 30.3 Å². The number of aromatic nitrogens is 2. The molecule has 23 heavy (non-hydrogen) atoms. The Hall–Kier alpha value is -2.16. The third-order valence-corrected chi connectivity index (χ3v) is 4.23. The van der Waals surface area contributed by atoms with Gasteiger partial charge in [0.2, 0.25) is 0 Å². The van der Waals surface area contributed by atoms with Crippen molar-refractivity contribution in [3.05, 3.63) is 52.8 Å². The van der Waals surface area contributed by atoms with Crippen molar-refractivity contribution < 1.29 is 4.74 Å². The molecule has 0 bridgehead atoms. The van der Waals surface area contributed by atoms with E-state index in [0.717, 1.165) is 55.3 Å². The van der Waals surface area contributed by atoms with Gasteiger partial charge in [-0.1, -0.05) is 18.2 Å². The smallest absolute Gasteiger partial charge is 0.0995 e. The minimum Gasteiger partial charge on any atom is -0.374 e. The lowest BCUT2D eigenvalue weighted by molar-refractivity contribution is -0.0405. The zero-order valence-corrected chi connectivity index (χ0v) is 13.7. The highest BCUT2D eigenvalue weighted by atomic mass is 16.5. The van der Waals surface area contributed by atoms with E-state index in [1.54, 1.807) is 0 Å². The van der Waals surface area contributed by atoms with Gasteiger partial charge in [-0.3, -0.25) is 9.58 Å². The SMILES string of the molecule is Cc1cc(C)n(C[C@@H]2CN(Cc3ccccc3C#N)CCO2)n1. The van der Waals surface area contributed by atoms with Gasteiger partial charge in [0, 0.05) is 25.3 Å². The second-order valence-corrected chi connectivity index (χ2v) is 6.11. The molecule has 0 spiro atoms. The van der Waals surface area contributed by atoms with E-state index in [1.807, 2.05) is 35.9 Å². The Bertz CT molecular complexity index is 716. The fourth-order valence-corrected chi connectivity index (χ4v) is 3.10. The maximum absolute atomic E-state index is 9.22. The number of morpholine rings is 1. The standard InChI is InChI=1S/C18H22N4O/c1-14-9-15(2)22(20-14)13-18-12-21(7-8-23-18)11-17-6-4-3-5-16(17)10-19/h3-6,9,18H,7-8,11-13H2,1-2H3/t18-/m0/s1. The monoisotopic (exact) mass is 310 g/mol. The number of aryl methyl sites for hydroxylation is 2. The molecule has 1 aliphatic rings. The molecule has 5 heteroatoms. The summed E-state index contributed by atoms with van der Waals surface area (Å²) < 4.78 is 7.92. The third-order valence-electron chi connectivity index (χ3n) is 4.23. The Labute approximate surface area is 137 Å². The van der Waals surface area contributed by atoms with Crippen molar-refractivity contribution in [3.8, 4) is 6.07 Å². The van der Waals surface area contributed by atoms with E-state index in [4.69, 9.17) is 4.74 Å². The van der Waals surface area contributed by atoms with E-state index in [1.165, 1.54) is 0 Å². The number of hydrogen-bond donors (Lipinski definition) is 0. The van der Waals surface area contributed by atoms with Gasteiger partial charge in [-0.25, -0.2) is 0 Å². The van der Waals surface area contributed by atoms with Crippen LogP contribution in [0, 0.1) is 25.2 Å². The maximum Gasteiger partial charge on any atom is 0.0995 e. The number of benzene rings is 1. The lowest BCUT2D eigenvalue weighted by Crippen LogP contribution is -2.44. The van der Waals surface area contributed by atoms with Crippen LogP contribution in [-0.2, 0) is 17.8 Å².